The third-order valence-corrected chi connectivity index (χ3v) is 9.23. The molecule has 0 atom stereocenters. The number of benzene rings is 5. The lowest BCUT2D eigenvalue weighted by Gasteiger charge is -2.44. The van der Waals surface area contributed by atoms with E-state index in [-0.39, 0.29) is 11.5 Å². The van der Waals surface area contributed by atoms with Crippen molar-refractivity contribution < 1.29 is 97.3 Å². The standard InChI is InChI=1S/C24BF20.C13H13N2O2/c26-5-1(6(27)14(35)21(42)13(5)34)25(2-7(28)15(36)22(43)16(37)8(2)29,3-9(30)17(38)23(44)18(39)10(3)31)4-11(32)19(40)24(45)20(41)12(4)33;16-15(17)11-13-8-4-5-9-14(13)10-12-6-2-1-3-7-12/h;1-9H,10-11H2/q-1;+1. The minimum atomic E-state index is -7.22. The molecule has 0 spiro atoms. The van der Waals surface area contributed by atoms with Crippen molar-refractivity contribution in [2.45, 2.75) is 13.1 Å². The molecule has 1 aromatic heterocycles. The van der Waals surface area contributed by atoms with Crippen molar-refractivity contribution in [3.63, 3.8) is 0 Å². The van der Waals surface area contributed by atoms with Gasteiger partial charge in [-0.05, 0) is 6.07 Å². The van der Waals surface area contributed by atoms with Gasteiger partial charge in [0.2, 0.25) is 0 Å². The molecule has 62 heavy (non-hydrogen) atoms. The number of hydrogen-bond donors (Lipinski definition) is 0. The first kappa shape index (κ1) is 46.4. The van der Waals surface area contributed by atoms with E-state index in [0.717, 1.165) is 5.56 Å². The number of rotatable bonds is 8. The second-order valence-electron chi connectivity index (χ2n) is 12.6. The van der Waals surface area contributed by atoms with Crippen LogP contribution in [0.25, 0.3) is 0 Å². The topological polar surface area (TPSA) is 47.0 Å². The van der Waals surface area contributed by atoms with Crippen LogP contribution >= 0.6 is 0 Å². The fraction of sp³-hybridized carbons (Fsp3) is 0.0541. The molecule has 6 aromatic rings. The Morgan fingerprint density at radius 2 is 0.645 bits per heavy atom. The number of hydrogen-bond acceptors (Lipinski definition) is 2. The zero-order valence-electron chi connectivity index (χ0n) is 29.5. The quantitative estimate of drug-likeness (QED) is 0.0300. The second kappa shape index (κ2) is 17.4. The van der Waals surface area contributed by atoms with E-state index in [1.807, 2.05) is 53.2 Å². The molecule has 0 saturated carbocycles. The van der Waals surface area contributed by atoms with E-state index < -0.39 is 144 Å². The highest BCUT2D eigenvalue weighted by atomic mass is 19.2. The summed E-state index contributed by atoms with van der Waals surface area (Å²) in [4.78, 5) is 10.3. The SMILES string of the molecule is Fc1c(F)c(F)c([B-](c2c(F)c(F)c(F)c(F)c2F)(c2c(F)c(F)c(F)c(F)c2F)c2c(F)c(F)c(F)c(F)c2F)c(F)c1F.O=[N+]([O-])Cc1cccc[n+]1Cc1ccccc1. The Balaban J connectivity index is 0.000000355. The lowest BCUT2D eigenvalue weighted by molar-refractivity contribution is -0.708. The van der Waals surface area contributed by atoms with E-state index >= 15 is 35.1 Å². The van der Waals surface area contributed by atoms with Crippen molar-refractivity contribution in [3.05, 3.63) is 192 Å². The van der Waals surface area contributed by atoms with Crippen LogP contribution in [0.2, 0.25) is 0 Å². The Kier molecular flexibility index (Phi) is 13.0. The first-order chi connectivity index (χ1) is 29.0. The molecule has 4 nitrogen and oxygen atoms in total. The summed E-state index contributed by atoms with van der Waals surface area (Å²) in [6, 6.07) is 15.4. The summed E-state index contributed by atoms with van der Waals surface area (Å²) < 4.78 is 296. The van der Waals surface area contributed by atoms with Gasteiger partial charge in [-0.3, -0.25) is 10.1 Å². The smallest absolute Gasteiger partial charge is 0.264 e. The average Bonchev–Trinajstić information content (AvgIpc) is 3.24. The Labute approximate surface area is 331 Å². The fourth-order valence-electron chi connectivity index (χ4n) is 6.60. The predicted molar refractivity (Wildman–Crippen MR) is 172 cm³/mol. The summed E-state index contributed by atoms with van der Waals surface area (Å²) in [5, 5.41) is 10.6. The third-order valence-electron chi connectivity index (χ3n) is 9.23. The Bertz CT molecular complexity index is 2410. The largest absolute Gasteiger partial charge is 0.286 e. The van der Waals surface area contributed by atoms with Gasteiger partial charge in [0.05, 0.1) is 0 Å². The molecule has 0 saturated heterocycles. The molecule has 0 bridgehead atoms. The van der Waals surface area contributed by atoms with Gasteiger partial charge in [-0.15, -0.1) is 21.9 Å². The van der Waals surface area contributed by atoms with Crippen molar-refractivity contribution in [3.8, 4) is 0 Å². The van der Waals surface area contributed by atoms with Gasteiger partial charge in [-0.25, -0.2) is 87.8 Å². The maximum atomic E-state index is 15.4. The van der Waals surface area contributed by atoms with E-state index in [1.54, 1.807) is 6.07 Å². The molecule has 0 fully saturated rings. The lowest BCUT2D eigenvalue weighted by Crippen LogP contribution is -2.81. The zero-order valence-corrected chi connectivity index (χ0v) is 29.5. The summed E-state index contributed by atoms with van der Waals surface area (Å²) in [5.74, 6) is -71.4. The van der Waals surface area contributed by atoms with Crippen LogP contribution in [0.1, 0.15) is 11.3 Å². The third kappa shape index (κ3) is 7.41. The molecule has 0 radical (unpaired) electrons. The summed E-state index contributed by atoms with van der Waals surface area (Å²) in [6.07, 6.45) is -5.35. The summed E-state index contributed by atoms with van der Waals surface area (Å²) in [7, 11) is 0. The molecule has 0 aliphatic carbocycles. The summed E-state index contributed by atoms with van der Waals surface area (Å²) >= 11 is 0. The highest BCUT2D eigenvalue weighted by Crippen LogP contribution is 2.30. The number of pyridine rings is 1. The highest BCUT2D eigenvalue weighted by molar-refractivity contribution is 7.20. The molecular weight excluding hydrogens is 895 g/mol. The van der Waals surface area contributed by atoms with Crippen molar-refractivity contribution in [1.29, 1.82) is 0 Å². The normalized spacial score (nSPS) is 11.5. The molecule has 0 amide bonds. The Morgan fingerprint density at radius 3 is 0.919 bits per heavy atom. The minimum absolute atomic E-state index is 0.145. The van der Waals surface area contributed by atoms with Crippen LogP contribution < -0.4 is 26.4 Å². The van der Waals surface area contributed by atoms with Gasteiger partial charge >= 0.3 is 0 Å². The van der Waals surface area contributed by atoms with Crippen molar-refractivity contribution in [1.82, 2.24) is 0 Å². The van der Waals surface area contributed by atoms with Gasteiger partial charge in [0.1, 0.15) is 52.7 Å². The van der Waals surface area contributed by atoms with E-state index in [4.69, 9.17) is 0 Å². The van der Waals surface area contributed by atoms with Gasteiger partial charge < -0.3 is 0 Å². The van der Waals surface area contributed by atoms with Crippen molar-refractivity contribution in [2.75, 3.05) is 0 Å². The van der Waals surface area contributed by atoms with E-state index in [2.05, 4.69) is 0 Å². The maximum absolute atomic E-state index is 15.4. The summed E-state index contributed by atoms with van der Waals surface area (Å²) in [5.41, 5.74) is -12.5. The summed E-state index contributed by atoms with van der Waals surface area (Å²) in [6.45, 7) is 0.512. The fourth-order valence-corrected chi connectivity index (χ4v) is 6.60. The maximum Gasteiger partial charge on any atom is 0.286 e. The molecule has 5 aromatic carbocycles. The average molecular weight is 908 g/mol. The zero-order chi connectivity index (χ0) is 46.4. The molecule has 0 N–H and O–H groups in total. The van der Waals surface area contributed by atoms with Crippen molar-refractivity contribution in [2.24, 2.45) is 0 Å². The first-order valence-electron chi connectivity index (χ1n) is 16.3. The van der Waals surface area contributed by atoms with E-state index in [9.17, 15) is 62.8 Å². The van der Waals surface area contributed by atoms with Gasteiger partial charge in [-0.1, -0.05) is 30.3 Å². The number of nitro groups is 1. The molecule has 6 rings (SSSR count). The number of nitrogens with zero attached hydrogens (tertiary/aromatic N) is 2. The molecule has 0 unspecified atom stereocenters. The number of halogens is 20. The van der Waals surface area contributed by atoms with Gasteiger partial charge in [0, 0.05) is 22.6 Å². The van der Waals surface area contributed by atoms with Crippen LogP contribution in [0.3, 0.4) is 0 Å². The minimum Gasteiger partial charge on any atom is -0.264 e. The molecule has 0 aliphatic heterocycles. The van der Waals surface area contributed by atoms with E-state index in [1.165, 1.54) is 0 Å². The lowest BCUT2D eigenvalue weighted by atomic mass is 9.12. The van der Waals surface area contributed by atoms with Crippen LogP contribution in [0.4, 0.5) is 87.8 Å². The molecule has 326 valence electrons. The van der Waals surface area contributed by atoms with Crippen LogP contribution in [-0.4, -0.2) is 11.1 Å². The van der Waals surface area contributed by atoms with Crippen LogP contribution in [0, 0.1) is 126 Å². The van der Waals surface area contributed by atoms with Crippen molar-refractivity contribution >= 4 is 28.0 Å². The first-order valence-corrected chi connectivity index (χ1v) is 16.3. The highest BCUT2D eigenvalue weighted by Gasteiger charge is 2.52. The molecular formula is C37H13BF20N2O2. The van der Waals surface area contributed by atoms with Gasteiger partial charge in [-0.2, -0.15) is 4.57 Å². The second-order valence-corrected chi connectivity index (χ2v) is 12.6. The van der Waals surface area contributed by atoms with Gasteiger partial charge in [0.15, 0.2) is 82.5 Å². The van der Waals surface area contributed by atoms with Crippen LogP contribution in [-0.2, 0) is 13.1 Å². The Morgan fingerprint density at radius 1 is 0.387 bits per heavy atom. The number of aromatic nitrogens is 1. The van der Waals surface area contributed by atoms with E-state index in [0.29, 0.717) is 12.2 Å². The molecule has 1 heterocycles. The van der Waals surface area contributed by atoms with Gasteiger partial charge in [0.25, 0.3) is 12.2 Å². The van der Waals surface area contributed by atoms with Crippen LogP contribution in [0.15, 0.2) is 54.7 Å². The monoisotopic (exact) mass is 908 g/mol. The Hall–Kier alpha value is -6.69. The molecule has 0 aliphatic rings. The van der Waals surface area contributed by atoms with Crippen LogP contribution in [0.5, 0.6) is 0 Å². The molecule has 25 heteroatoms. The predicted octanol–water partition coefficient (Wildman–Crippen LogP) is 7.65.